The van der Waals surface area contributed by atoms with Gasteiger partial charge in [0.2, 0.25) is 5.91 Å². The lowest BCUT2D eigenvalue weighted by atomic mass is 9.90. The molecule has 33 heavy (non-hydrogen) atoms. The summed E-state index contributed by atoms with van der Waals surface area (Å²) < 4.78 is 45.7. The number of carbonyl (C=O) groups excluding carboxylic acids is 1. The van der Waals surface area contributed by atoms with Crippen molar-refractivity contribution >= 4 is 11.6 Å². The highest BCUT2D eigenvalue weighted by Gasteiger charge is 2.45. The minimum absolute atomic E-state index is 0.0576. The standard InChI is InChI=1S/C23H26F3N5O2/c1-33-18-4-2-3-16(24)23(18)31-20(32)10-17-22(29-31)21(28-27-17)14-6-5-13-7-8-30(12-19(25)26)11-15(13)9-14/h2-6,9,17,19,21-22,27-29H,7-8,10-12H2,1H3. The highest BCUT2D eigenvalue weighted by atomic mass is 19.3. The number of nitrogens with one attached hydrogen (secondary N) is 3. The Labute approximate surface area is 189 Å². The first-order valence-electron chi connectivity index (χ1n) is 11.0. The number of hydrogen-bond acceptors (Lipinski definition) is 6. The Morgan fingerprint density at radius 3 is 2.82 bits per heavy atom. The van der Waals surface area contributed by atoms with Gasteiger partial charge >= 0.3 is 0 Å². The van der Waals surface area contributed by atoms with Gasteiger partial charge in [-0.2, -0.15) is 0 Å². The zero-order chi connectivity index (χ0) is 23.1. The van der Waals surface area contributed by atoms with Crippen LogP contribution in [0.2, 0.25) is 0 Å². The van der Waals surface area contributed by atoms with Gasteiger partial charge in [-0.05, 0) is 35.2 Å². The highest BCUT2D eigenvalue weighted by Crippen LogP contribution is 2.36. The van der Waals surface area contributed by atoms with E-state index >= 15 is 0 Å². The van der Waals surface area contributed by atoms with E-state index in [0.29, 0.717) is 13.1 Å². The van der Waals surface area contributed by atoms with Crippen LogP contribution in [0.3, 0.4) is 0 Å². The van der Waals surface area contributed by atoms with Crippen LogP contribution in [0.5, 0.6) is 5.75 Å². The molecule has 2 aromatic carbocycles. The molecular weight excluding hydrogens is 435 g/mol. The molecular formula is C23H26F3N5O2. The van der Waals surface area contributed by atoms with E-state index in [1.54, 1.807) is 11.0 Å². The third-order valence-electron chi connectivity index (χ3n) is 6.61. The van der Waals surface area contributed by atoms with Crippen LogP contribution in [0.4, 0.5) is 18.9 Å². The average Bonchev–Trinajstić information content (AvgIpc) is 3.20. The summed E-state index contributed by atoms with van der Waals surface area (Å²) in [5.74, 6) is -0.572. The fraction of sp³-hybridized carbons (Fsp3) is 0.435. The number of halogens is 3. The Kier molecular flexibility index (Phi) is 6.00. The average molecular weight is 461 g/mol. The summed E-state index contributed by atoms with van der Waals surface area (Å²) in [6.45, 7) is 0.862. The molecule has 3 unspecified atom stereocenters. The van der Waals surface area contributed by atoms with Gasteiger partial charge in [0.1, 0.15) is 11.4 Å². The lowest BCUT2D eigenvalue weighted by Gasteiger charge is -2.37. The Hall–Kier alpha value is -2.66. The molecule has 0 aliphatic carbocycles. The van der Waals surface area contributed by atoms with Gasteiger partial charge in [-0.1, -0.05) is 24.3 Å². The zero-order valence-corrected chi connectivity index (χ0v) is 18.2. The Bertz CT molecular complexity index is 1050. The first kappa shape index (κ1) is 22.1. The van der Waals surface area contributed by atoms with Crippen LogP contribution in [0, 0.1) is 5.82 Å². The van der Waals surface area contributed by atoms with Crippen LogP contribution in [0.25, 0.3) is 0 Å². The van der Waals surface area contributed by atoms with Gasteiger partial charge in [-0.3, -0.25) is 15.1 Å². The van der Waals surface area contributed by atoms with Crippen molar-refractivity contribution in [3.05, 3.63) is 58.9 Å². The Morgan fingerprint density at radius 1 is 1.18 bits per heavy atom. The fourth-order valence-corrected chi connectivity index (χ4v) is 4.99. The molecule has 10 heteroatoms. The molecule has 0 spiro atoms. The molecule has 3 aliphatic heterocycles. The summed E-state index contributed by atoms with van der Waals surface area (Å²) in [5.41, 5.74) is 12.8. The largest absolute Gasteiger partial charge is 0.494 e. The lowest BCUT2D eigenvalue weighted by Crippen LogP contribution is -2.60. The summed E-state index contributed by atoms with van der Waals surface area (Å²) in [5, 5.41) is 1.24. The molecule has 0 radical (unpaired) electrons. The minimum Gasteiger partial charge on any atom is -0.494 e. The number of fused-ring (bicyclic) bond motifs is 2. The topological polar surface area (TPSA) is 68.9 Å². The van der Waals surface area contributed by atoms with Crippen LogP contribution in [-0.2, 0) is 17.8 Å². The number of carbonyl (C=O) groups is 1. The normalized spacial score (nSPS) is 25.3. The number of para-hydroxylation sites is 1. The Morgan fingerprint density at radius 2 is 2.03 bits per heavy atom. The molecule has 176 valence electrons. The van der Waals surface area contributed by atoms with Crippen LogP contribution in [-0.4, -0.2) is 49.5 Å². The number of rotatable bonds is 5. The molecule has 0 bridgehead atoms. The van der Waals surface area contributed by atoms with Crippen molar-refractivity contribution in [3.63, 3.8) is 0 Å². The molecule has 5 rings (SSSR count). The van der Waals surface area contributed by atoms with E-state index in [1.807, 2.05) is 18.2 Å². The van der Waals surface area contributed by atoms with Crippen LogP contribution < -0.4 is 26.0 Å². The highest BCUT2D eigenvalue weighted by molar-refractivity contribution is 5.95. The molecule has 2 fully saturated rings. The van der Waals surface area contributed by atoms with Crippen LogP contribution in [0.1, 0.15) is 29.2 Å². The van der Waals surface area contributed by atoms with Gasteiger partial charge in [0.15, 0.2) is 5.82 Å². The number of hydrazine groups is 2. The Balaban J connectivity index is 1.40. The quantitative estimate of drug-likeness (QED) is 0.635. The predicted octanol–water partition coefficient (Wildman–Crippen LogP) is 2.29. The second-order valence-electron chi connectivity index (χ2n) is 8.66. The van der Waals surface area contributed by atoms with Crippen molar-refractivity contribution in [1.29, 1.82) is 0 Å². The predicted molar refractivity (Wildman–Crippen MR) is 116 cm³/mol. The second-order valence-corrected chi connectivity index (χ2v) is 8.66. The first-order chi connectivity index (χ1) is 15.9. The monoisotopic (exact) mass is 461 g/mol. The van der Waals surface area contributed by atoms with Gasteiger partial charge in [0, 0.05) is 25.6 Å². The van der Waals surface area contributed by atoms with Crippen molar-refractivity contribution < 1.29 is 22.7 Å². The number of nitrogens with zero attached hydrogens (tertiary/aromatic N) is 2. The molecule has 3 atom stereocenters. The number of ether oxygens (including phenoxy) is 1. The van der Waals surface area contributed by atoms with Crippen LogP contribution >= 0.6 is 0 Å². The summed E-state index contributed by atoms with van der Waals surface area (Å²) in [4.78, 5) is 14.6. The number of benzene rings is 2. The second kappa shape index (κ2) is 8.94. The minimum atomic E-state index is -2.36. The molecule has 7 nitrogen and oxygen atoms in total. The molecule has 2 aromatic rings. The van der Waals surface area contributed by atoms with Crippen molar-refractivity contribution in [2.45, 2.75) is 43.9 Å². The third-order valence-corrected chi connectivity index (χ3v) is 6.61. The van der Waals surface area contributed by atoms with Gasteiger partial charge in [-0.15, -0.1) is 0 Å². The van der Waals surface area contributed by atoms with E-state index in [9.17, 15) is 18.0 Å². The molecule has 0 aromatic heterocycles. The number of hydrogen-bond donors (Lipinski definition) is 3. The maximum atomic E-state index is 14.7. The third kappa shape index (κ3) is 4.19. The van der Waals surface area contributed by atoms with Gasteiger partial charge in [-0.25, -0.2) is 29.0 Å². The maximum Gasteiger partial charge on any atom is 0.251 e. The van der Waals surface area contributed by atoms with Crippen LogP contribution in [0.15, 0.2) is 36.4 Å². The summed E-state index contributed by atoms with van der Waals surface area (Å²) in [6.07, 6.45) is -1.45. The first-order valence-corrected chi connectivity index (χ1v) is 11.0. The fourth-order valence-electron chi connectivity index (χ4n) is 4.99. The molecule has 3 heterocycles. The number of amides is 1. The number of anilines is 1. The van der Waals surface area contributed by atoms with E-state index in [-0.39, 0.29) is 48.4 Å². The molecule has 0 saturated carbocycles. The zero-order valence-electron chi connectivity index (χ0n) is 18.2. The van der Waals surface area contributed by atoms with Crippen molar-refractivity contribution in [2.24, 2.45) is 0 Å². The van der Waals surface area contributed by atoms with Gasteiger partial charge in [0.05, 0.1) is 25.7 Å². The van der Waals surface area contributed by atoms with E-state index in [1.165, 1.54) is 24.3 Å². The summed E-state index contributed by atoms with van der Waals surface area (Å²) in [6, 6.07) is 9.89. The maximum absolute atomic E-state index is 14.7. The van der Waals surface area contributed by atoms with Crippen molar-refractivity contribution in [2.75, 3.05) is 25.2 Å². The molecule has 3 aliphatic rings. The van der Waals surface area contributed by atoms with E-state index in [4.69, 9.17) is 4.74 Å². The summed E-state index contributed by atoms with van der Waals surface area (Å²) in [7, 11) is 1.43. The van der Waals surface area contributed by atoms with E-state index in [0.717, 1.165) is 23.1 Å². The smallest absolute Gasteiger partial charge is 0.251 e. The van der Waals surface area contributed by atoms with E-state index < -0.39 is 12.2 Å². The van der Waals surface area contributed by atoms with E-state index in [2.05, 4.69) is 16.3 Å². The number of alkyl halides is 2. The van der Waals surface area contributed by atoms with Crippen molar-refractivity contribution in [3.8, 4) is 5.75 Å². The molecule has 3 N–H and O–H groups in total. The van der Waals surface area contributed by atoms with Gasteiger partial charge in [0.25, 0.3) is 6.43 Å². The van der Waals surface area contributed by atoms with Gasteiger partial charge < -0.3 is 4.74 Å². The SMILES string of the molecule is COc1cccc(F)c1N1NC2C(CC1=O)NNC2c1ccc2c(c1)CN(CC(F)F)CC2. The summed E-state index contributed by atoms with van der Waals surface area (Å²) >= 11 is 0. The lowest BCUT2D eigenvalue weighted by molar-refractivity contribution is -0.121. The molecule has 1 amide bonds. The molecule has 2 saturated heterocycles. The van der Waals surface area contributed by atoms with Crippen molar-refractivity contribution in [1.82, 2.24) is 21.2 Å². The number of methoxy groups -OCH3 is 1.